The van der Waals surface area contributed by atoms with Gasteiger partial charge in [-0.1, -0.05) is 0 Å². The Morgan fingerprint density at radius 1 is 1.35 bits per heavy atom. The number of furan rings is 1. The molecule has 2 amide bonds. The number of hydrogen-bond donors (Lipinski definition) is 0. The first-order chi connectivity index (χ1) is 11.1. The molecule has 3 heterocycles. The molecule has 2 aliphatic rings. The van der Waals surface area contributed by atoms with Gasteiger partial charge in [-0.2, -0.15) is 0 Å². The van der Waals surface area contributed by atoms with Crippen LogP contribution in [0.5, 0.6) is 0 Å². The predicted octanol–water partition coefficient (Wildman–Crippen LogP) is 1.63. The van der Waals surface area contributed by atoms with Crippen LogP contribution >= 0.6 is 0 Å². The number of likely N-dealkylation sites (tertiary alicyclic amines) is 2. The number of ether oxygens (including phenoxy) is 1. The summed E-state index contributed by atoms with van der Waals surface area (Å²) in [5, 5.41) is 0. The molecule has 0 aliphatic carbocycles. The number of hydrogen-bond acceptors (Lipinski definition) is 4. The van der Waals surface area contributed by atoms with E-state index in [1.165, 1.54) is 12.5 Å². The zero-order chi connectivity index (χ0) is 16.4. The van der Waals surface area contributed by atoms with E-state index in [0.29, 0.717) is 18.1 Å². The van der Waals surface area contributed by atoms with E-state index >= 15 is 0 Å². The van der Waals surface area contributed by atoms with Crippen LogP contribution in [0.2, 0.25) is 0 Å². The lowest BCUT2D eigenvalue weighted by Gasteiger charge is -2.42. The van der Waals surface area contributed by atoms with E-state index in [9.17, 15) is 9.59 Å². The summed E-state index contributed by atoms with van der Waals surface area (Å²) in [5.74, 6) is 0.501. The smallest absolute Gasteiger partial charge is 0.257 e. The Morgan fingerprint density at radius 2 is 2.09 bits per heavy atom. The molecule has 0 saturated carbocycles. The number of methoxy groups -OCH3 is 1. The molecule has 1 unspecified atom stereocenters. The molecule has 1 atom stereocenters. The highest BCUT2D eigenvalue weighted by molar-refractivity contribution is 5.93. The van der Waals surface area contributed by atoms with Gasteiger partial charge in [-0.25, -0.2) is 0 Å². The molecule has 3 rings (SSSR count). The number of nitrogens with zero attached hydrogens (tertiary/aromatic N) is 2. The Labute approximate surface area is 136 Å². The monoisotopic (exact) mass is 320 g/mol. The predicted molar refractivity (Wildman–Crippen MR) is 83.9 cm³/mol. The van der Waals surface area contributed by atoms with Gasteiger partial charge in [-0.15, -0.1) is 0 Å². The minimum Gasteiger partial charge on any atom is -0.472 e. The van der Waals surface area contributed by atoms with Gasteiger partial charge in [0.15, 0.2) is 0 Å². The molecular weight excluding hydrogens is 296 g/mol. The minimum atomic E-state index is 0.0262. The van der Waals surface area contributed by atoms with E-state index in [1.807, 2.05) is 9.80 Å². The SMILES string of the molecule is COCC1CN(C(C)=O)CC12CCN(C(=O)c1ccoc1)CC2. The highest BCUT2D eigenvalue weighted by Crippen LogP contribution is 2.45. The third kappa shape index (κ3) is 3.00. The van der Waals surface area contributed by atoms with Crippen LogP contribution in [-0.2, 0) is 9.53 Å². The van der Waals surface area contributed by atoms with Gasteiger partial charge in [0.25, 0.3) is 5.91 Å². The maximum atomic E-state index is 12.4. The summed E-state index contributed by atoms with van der Waals surface area (Å²) in [5.41, 5.74) is 0.681. The minimum absolute atomic E-state index is 0.0262. The Balaban J connectivity index is 1.68. The second-order valence-corrected chi connectivity index (χ2v) is 6.72. The van der Waals surface area contributed by atoms with Gasteiger partial charge >= 0.3 is 0 Å². The van der Waals surface area contributed by atoms with E-state index < -0.39 is 0 Å². The third-order valence-corrected chi connectivity index (χ3v) is 5.44. The van der Waals surface area contributed by atoms with Crippen molar-refractivity contribution >= 4 is 11.8 Å². The zero-order valence-corrected chi connectivity index (χ0v) is 13.8. The number of rotatable bonds is 3. The van der Waals surface area contributed by atoms with Crippen LogP contribution in [-0.4, -0.2) is 61.5 Å². The maximum Gasteiger partial charge on any atom is 0.257 e. The summed E-state index contributed by atoms with van der Waals surface area (Å²) < 4.78 is 10.4. The quantitative estimate of drug-likeness (QED) is 0.849. The zero-order valence-electron chi connectivity index (χ0n) is 13.8. The molecule has 6 nitrogen and oxygen atoms in total. The van der Waals surface area contributed by atoms with Crippen molar-refractivity contribution < 1.29 is 18.7 Å². The molecule has 1 spiro atoms. The Hall–Kier alpha value is -1.82. The standard InChI is InChI=1S/C17H24N2O4/c1-13(20)19-9-15(11-22-2)17(12-19)4-6-18(7-5-17)16(21)14-3-8-23-10-14/h3,8,10,15H,4-7,9,11-12H2,1-2H3. The van der Waals surface area contributed by atoms with E-state index in [0.717, 1.165) is 39.0 Å². The summed E-state index contributed by atoms with van der Waals surface area (Å²) >= 11 is 0. The molecule has 0 N–H and O–H groups in total. The summed E-state index contributed by atoms with van der Waals surface area (Å²) in [6.07, 6.45) is 4.84. The molecule has 6 heteroatoms. The number of carbonyl (C=O) groups is 2. The summed E-state index contributed by atoms with van der Waals surface area (Å²) in [6.45, 7) is 5.27. The summed E-state index contributed by atoms with van der Waals surface area (Å²) in [6, 6.07) is 1.70. The van der Waals surface area contributed by atoms with E-state index in [-0.39, 0.29) is 17.2 Å². The van der Waals surface area contributed by atoms with Crippen molar-refractivity contribution in [2.75, 3.05) is 39.9 Å². The van der Waals surface area contributed by atoms with Crippen molar-refractivity contribution in [2.24, 2.45) is 11.3 Å². The second-order valence-electron chi connectivity index (χ2n) is 6.72. The number of piperidine rings is 1. The molecule has 126 valence electrons. The largest absolute Gasteiger partial charge is 0.472 e. The lowest BCUT2D eigenvalue weighted by molar-refractivity contribution is -0.128. The van der Waals surface area contributed by atoms with Crippen molar-refractivity contribution in [1.29, 1.82) is 0 Å². The van der Waals surface area contributed by atoms with E-state index in [4.69, 9.17) is 9.15 Å². The van der Waals surface area contributed by atoms with Crippen LogP contribution in [0.1, 0.15) is 30.1 Å². The van der Waals surface area contributed by atoms with Gasteiger partial charge in [-0.05, 0) is 24.3 Å². The fourth-order valence-electron chi connectivity index (χ4n) is 3.99. The molecule has 2 aliphatic heterocycles. The van der Waals surface area contributed by atoms with Crippen LogP contribution in [0, 0.1) is 11.3 Å². The molecule has 2 fully saturated rings. The van der Waals surface area contributed by atoms with Crippen LogP contribution in [0.25, 0.3) is 0 Å². The van der Waals surface area contributed by atoms with Crippen molar-refractivity contribution in [3.8, 4) is 0 Å². The first kappa shape index (κ1) is 16.1. The summed E-state index contributed by atoms with van der Waals surface area (Å²) in [7, 11) is 1.71. The van der Waals surface area contributed by atoms with Crippen LogP contribution in [0.15, 0.2) is 23.0 Å². The Morgan fingerprint density at radius 3 is 2.65 bits per heavy atom. The molecule has 0 radical (unpaired) electrons. The molecular formula is C17H24N2O4. The molecule has 0 bridgehead atoms. The van der Waals surface area contributed by atoms with Crippen molar-refractivity contribution in [1.82, 2.24) is 9.80 Å². The average Bonchev–Trinajstić information content (AvgIpc) is 3.17. The third-order valence-electron chi connectivity index (χ3n) is 5.44. The topological polar surface area (TPSA) is 63.0 Å². The van der Waals surface area contributed by atoms with E-state index in [2.05, 4.69) is 0 Å². The van der Waals surface area contributed by atoms with Crippen molar-refractivity contribution in [2.45, 2.75) is 19.8 Å². The lowest BCUT2D eigenvalue weighted by Crippen LogP contribution is -2.47. The number of carbonyl (C=O) groups excluding carboxylic acids is 2. The first-order valence-corrected chi connectivity index (χ1v) is 8.12. The maximum absolute atomic E-state index is 12.4. The van der Waals surface area contributed by atoms with Crippen LogP contribution < -0.4 is 0 Å². The normalized spacial score (nSPS) is 23.5. The highest BCUT2D eigenvalue weighted by atomic mass is 16.5. The van der Waals surface area contributed by atoms with Gasteiger partial charge in [0, 0.05) is 46.1 Å². The highest BCUT2D eigenvalue weighted by Gasteiger charge is 2.49. The van der Waals surface area contributed by atoms with Crippen molar-refractivity contribution in [3.05, 3.63) is 24.2 Å². The Kier molecular flexibility index (Phi) is 4.43. The average molecular weight is 320 g/mol. The molecule has 1 aromatic rings. The Bertz CT molecular complexity index is 561. The fourth-order valence-corrected chi connectivity index (χ4v) is 3.99. The molecule has 23 heavy (non-hydrogen) atoms. The van der Waals surface area contributed by atoms with Crippen LogP contribution in [0.3, 0.4) is 0 Å². The first-order valence-electron chi connectivity index (χ1n) is 8.12. The lowest BCUT2D eigenvalue weighted by atomic mass is 9.71. The van der Waals surface area contributed by atoms with Gasteiger partial charge in [0.05, 0.1) is 18.4 Å². The molecule has 2 saturated heterocycles. The van der Waals surface area contributed by atoms with Gasteiger partial charge in [0.2, 0.25) is 5.91 Å². The fraction of sp³-hybridized carbons (Fsp3) is 0.647. The van der Waals surface area contributed by atoms with Crippen LogP contribution in [0.4, 0.5) is 0 Å². The molecule has 1 aromatic heterocycles. The molecule has 0 aromatic carbocycles. The van der Waals surface area contributed by atoms with Gasteiger partial charge in [0.1, 0.15) is 6.26 Å². The van der Waals surface area contributed by atoms with Crippen molar-refractivity contribution in [3.63, 3.8) is 0 Å². The summed E-state index contributed by atoms with van der Waals surface area (Å²) in [4.78, 5) is 28.0. The second kappa shape index (κ2) is 6.35. The number of amides is 2. The van der Waals surface area contributed by atoms with E-state index in [1.54, 1.807) is 20.1 Å². The van der Waals surface area contributed by atoms with Gasteiger partial charge in [-0.3, -0.25) is 9.59 Å². The van der Waals surface area contributed by atoms with Gasteiger partial charge < -0.3 is 19.0 Å².